The standard InChI is InChI=1S/C20H19ClN4O4S2/c21-15-2-1-13-9-18(30-17(13)10-15)31(28,29)24-7-5-23(6-8-24)20(26)19-16-3-4-22-11-14(16)12-25(19)27/h1-4,9-11,19,25H,5-8,12H2. The molecule has 8 nitrogen and oxygen atoms in total. The molecule has 1 amide bonds. The molecule has 2 aliphatic rings. The van der Waals surface area contributed by atoms with Crippen molar-refractivity contribution in [1.82, 2.24) is 14.2 Å². The summed E-state index contributed by atoms with van der Waals surface area (Å²) in [6.45, 7) is 1.09. The number of carbonyl (C=O) groups is 1. The summed E-state index contributed by atoms with van der Waals surface area (Å²) in [4.78, 5) is 18.7. The minimum atomic E-state index is -3.67. The predicted molar refractivity (Wildman–Crippen MR) is 117 cm³/mol. The van der Waals surface area contributed by atoms with E-state index in [1.807, 2.05) is 0 Å². The second-order valence-corrected chi connectivity index (χ2v) is 11.3. The number of benzene rings is 1. The number of nitrogens with one attached hydrogen (secondary N) is 1. The Kier molecular flexibility index (Phi) is 5.24. The van der Waals surface area contributed by atoms with Crippen LogP contribution < -0.4 is 5.06 Å². The molecule has 162 valence electrons. The molecule has 1 fully saturated rings. The average Bonchev–Trinajstić information content (AvgIpc) is 3.33. The van der Waals surface area contributed by atoms with Gasteiger partial charge in [-0.25, -0.2) is 8.42 Å². The molecular weight excluding hydrogens is 460 g/mol. The second-order valence-electron chi connectivity index (χ2n) is 7.63. The van der Waals surface area contributed by atoms with Gasteiger partial charge in [0.2, 0.25) is 0 Å². The molecule has 31 heavy (non-hydrogen) atoms. The normalized spacial score (nSPS) is 22.1. The van der Waals surface area contributed by atoms with E-state index in [0.29, 0.717) is 10.6 Å². The van der Waals surface area contributed by atoms with Crippen LogP contribution in [0.3, 0.4) is 0 Å². The summed E-state index contributed by atoms with van der Waals surface area (Å²) in [5.74, 6) is -0.261. The zero-order chi connectivity index (χ0) is 21.8. The molecule has 1 saturated heterocycles. The Morgan fingerprint density at radius 2 is 1.97 bits per heavy atom. The van der Waals surface area contributed by atoms with E-state index in [1.165, 1.54) is 15.6 Å². The summed E-state index contributed by atoms with van der Waals surface area (Å²) in [7, 11) is -3.67. The molecule has 2 aliphatic heterocycles. The highest BCUT2D eigenvalue weighted by atomic mass is 35.5. The molecule has 1 N–H and O–H groups in total. The van der Waals surface area contributed by atoms with Crippen molar-refractivity contribution in [1.29, 1.82) is 0 Å². The number of pyridine rings is 1. The van der Waals surface area contributed by atoms with Gasteiger partial charge >= 0.3 is 0 Å². The van der Waals surface area contributed by atoms with E-state index in [0.717, 1.165) is 15.6 Å². The number of hydroxylamine groups is 2. The molecule has 0 bridgehead atoms. The number of halogens is 1. The van der Waals surface area contributed by atoms with Gasteiger partial charge in [-0.15, -0.1) is 11.3 Å². The number of hydrogen-bond donors (Lipinski definition) is 1. The lowest BCUT2D eigenvalue weighted by molar-refractivity contribution is -0.878. The first-order chi connectivity index (χ1) is 14.8. The van der Waals surface area contributed by atoms with Crippen molar-refractivity contribution in [3.63, 3.8) is 0 Å². The third-order valence-corrected chi connectivity index (χ3v) is 9.47. The van der Waals surface area contributed by atoms with E-state index in [4.69, 9.17) is 11.6 Å². The number of aromatic nitrogens is 1. The summed E-state index contributed by atoms with van der Waals surface area (Å²) in [5, 5.41) is 13.7. The first-order valence-corrected chi connectivity index (χ1v) is 12.4. The van der Waals surface area contributed by atoms with Gasteiger partial charge in [-0.05, 0) is 29.7 Å². The molecule has 4 heterocycles. The van der Waals surface area contributed by atoms with Crippen LogP contribution in [0, 0.1) is 5.21 Å². The van der Waals surface area contributed by atoms with Crippen LogP contribution in [0.2, 0.25) is 5.02 Å². The fourth-order valence-electron chi connectivity index (χ4n) is 4.17. The van der Waals surface area contributed by atoms with Gasteiger partial charge in [-0.2, -0.15) is 4.31 Å². The highest BCUT2D eigenvalue weighted by Crippen LogP contribution is 2.33. The fourth-order valence-corrected chi connectivity index (χ4v) is 7.42. The molecule has 0 aliphatic carbocycles. The summed E-state index contributed by atoms with van der Waals surface area (Å²) >= 11 is 7.20. The lowest BCUT2D eigenvalue weighted by atomic mass is 10.1. The maximum Gasteiger partial charge on any atom is 0.286 e. The Bertz CT molecular complexity index is 1270. The lowest BCUT2D eigenvalue weighted by Crippen LogP contribution is -3.05. The molecule has 2 aromatic heterocycles. The third kappa shape index (κ3) is 3.63. The van der Waals surface area contributed by atoms with Gasteiger partial charge in [0, 0.05) is 59.4 Å². The Balaban J connectivity index is 1.31. The van der Waals surface area contributed by atoms with Gasteiger partial charge < -0.3 is 15.2 Å². The van der Waals surface area contributed by atoms with Crippen molar-refractivity contribution in [2.24, 2.45) is 0 Å². The van der Waals surface area contributed by atoms with Crippen molar-refractivity contribution in [2.75, 3.05) is 26.2 Å². The Morgan fingerprint density at radius 3 is 2.74 bits per heavy atom. The number of sulfonamides is 1. The van der Waals surface area contributed by atoms with E-state index in [9.17, 15) is 18.4 Å². The average molecular weight is 479 g/mol. The van der Waals surface area contributed by atoms with Crippen LogP contribution in [-0.4, -0.2) is 54.7 Å². The minimum absolute atomic E-state index is 0.132. The number of fused-ring (bicyclic) bond motifs is 2. The highest BCUT2D eigenvalue weighted by molar-refractivity contribution is 7.91. The lowest BCUT2D eigenvalue weighted by Gasteiger charge is -2.36. The van der Waals surface area contributed by atoms with Gasteiger partial charge in [0.15, 0.2) is 6.04 Å². The molecule has 3 aromatic rings. The molecule has 11 heteroatoms. The number of piperazine rings is 1. The van der Waals surface area contributed by atoms with Gasteiger partial charge in [0.05, 0.1) is 0 Å². The Morgan fingerprint density at radius 1 is 1.19 bits per heavy atom. The van der Waals surface area contributed by atoms with Crippen LogP contribution in [0.1, 0.15) is 17.2 Å². The van der Waals surface area contributed by atoms with Crippen LogP contribution in [0.25, 0.3) is 10.1 Å². The maximum absolute atomic E-state index is 13.1. The molecule has 1 aromatic carbocycles. The first-order valence-electron chi connectivity index (χ1n) is 9.78. The second kappa shape index (κ2) is 7.80. The number of carbonyl (C=O) groups excluding carboxylic acids is 1. The first kappa shape index (κ1) is 20.8. The van der Waals surface area contributed by atoms with Crippen LogP contribution in [0.15, 0.2) is 46.9 Å². The summed E-state index contributed by atoms with van der Waals surface area (Å²) < 4.78 is 28.7. The molecule has 5 rings (SSSR count). The van der Waals surface area contributed by atoms with Crippen molar-refractivity contribution < 1.29 is 18.3 Å². The van der Waals surface area contributed by atoms with E-state index in [1.54, 1.807) is 47.6 Å². The van der Waals surface area contributed by atoms with Gasteiger partial charge in [-0.1, -0.05) is 17.7 Å². The quantitative estimate of drug-likeness (QED) is 0.574. The van der Waals surface area contributed by atoms with Crippen LogP contribution >= 0.6 is 22.9 Å². The minimum Gasteiger partial charge on any atom is -0.633 e. The number of thiophene rings is 1. The number of nitrogens with zero attached hydrogens (tertiary/aromatic N) is 3. The third-order valence-electron chi connectivity index (χ3n) is 5.79. The van der Waals surface area contributed by atoms with Crippen molar-refractivity contribution >= 4 is 49.0 Å². The molecular formula is C20H19ClN4O4S2. The Hall–Kier alpha value is -2.08. The van der Waals surface area contributed by atoms with E-state index in [-0.39, 0.29) is 47.9 Å². The van der Waals surface area contributed by atoms with E-state index >= 15 is 0 Å². The predicted octanol–water partition coefficient (Wildman–Crippen LogP) is 1.42. The number of quaternary nitrogens is 1. The number of amides is 1. The summed E-state index contributed by atoms with van der Waals surface area (Å²) in [6.07, 6.45) is 3.21. The number of hydrogen-bond acceptors (Lipinski definition) is 6. The molecule has 2 atom stereocenters. The van der Waals surface area contributed by atoms with Gasteiger partial charge in [-0.3, -0.25) is 9.78 Å². The molecule has 2 unspecified atom stereocenters. The highest BCUT2D eigenvalue weighted by Gasteiger charge is 2.40. The summed E-state index contributed by atoms with van der Waals surface area (Å²) in [5.41, 5.74) is 1.50. The van der Waals surface area contributed by atoms with Crippen molar-refractivity contribution in [2.45, 2.75) is 16.8 Å². The van der Waals surface area contributed by atoms with Crippen LogP contribution in [0.5, 0.6) is 0 Å². The number of rotatable bonds is 3. The summed E-state index contributed by atoms with van der Waals surface area (Å²) in [6, 6.07) is 7.85. The van der Waals surface area contributed by atoms with E-state index < -0.39 is 16.1 Å². The monoisotopic (exact) mass is 478 g/mol. The van der Waals surface area contributed by atoms with Crippen LogP contribution in [-0.2, 0) is 21.4 Å². The SMILES string of the molecule is O=C(C1c2ccncc2C[NH+]1[O-])N1CCN(S(=O)(=O)c2cc3ccc(Cl)cc3s2)CC1. The fraction of sp³-hybridized carbons (Fsp3) is 0.300. The smallest absolute Gasteiger partial charge is 0.286 e. The maximum atomic E-state index is 13.1. The zero-order valence-electron chi connectivity index (χ0n) is 16.3. The van der Waals surface area contributed by atoms with Crippen molar-refractivity contribution in [3.05, 3.63) is 64.1 Å². The van der Waals surface area contributed by atoms with Gasteiger partial charge in [0.1, 0.15) is 10.8 Å². The zero-order valence-corrected chi connectivity index (χ0v) is 18.7. The largest absolute Gasteiger partial charge is 0.633 e. The molecule has 0 radical (unpaired) electrons. The van der Waals surface area contributed by atoms with Gasteiger partial charge in [0.25, 0.3) is 15.9 Å². The molecule has 0 saturated carbocycles. The Labute approximate surface area is 188 Å². The topological polar surface area (TPSA) is 98.1 Å². The van der Waals surface area contributed by atoms with E-state index in [2.05, 4.69) is 4.98 Å². The van der Waals surface area contributed by atoms with Crippen LogP contribution in [0.4, 0.5) is 0 Å². The van der Waals surface area contributed by atoms with Crippen molar-refractivity contribution in [3.8, 4) is 0 Å². The molecule has 0 spiro atoms.